The molecule has 0 atom stereocenters. The predicted octanol–water partition coefficient (Wildman–Crippen LogP) is 3.00. The molecule has 102 valence electrons. The second kappa shape index (κ2) is 6.99. The number of hydrogen-bond donors (Lipinski definition) is 1. The van der Waals surface area contributed by atoms with Gasteiger partial charge in [0.1, 0.15) is 0 Å². The van der Waals surface area contributed by atoms with Crippen molar-refractivity contribution in [3.8, 4) is 0 Å². The highest BCUT2D eigenvalue weighted by Crippen LogP contribution is 2.19. The summed E-state index contributed by atoms with van der Waals surface area (Å²) in [6.45, 7) is 2.30. The average molecular weight is 265 g/mol. The fourth-order valence-electron chi connectivity index (χ4n) is 1.87. The third-order valence-corrected chi connectivity index (χ3v) is 2.83. The van der Waals surface area contributed by atoms with E-state index in [9.17, 15) is 8.78 Å². The van der Waals surface area contributed by atoms with Gasteiger partial charge in [-0.2, -0.15) is 5.10 Å². The van der Waals surface area contributed by atoms with E-state index in [4.69, 9.17) is 0 Å². The second-order valence-electron chi connectivity index (χ2n) is 4.35. The number of alkyl halides is 2. The maximum atomic E-state index is 12.5. The number of aryl methyl sites for hydroxylation is 1. The Bertz CT molecular complexity index is 483. The number of nitrogens with one attached hydrogen (secondary N) is 1. The summed E-state index contributed by atoms with van der Waals surface area (Å²) in [5.41, 5.74) is 0.965. The molecule has 3 nitrogen and oxygen atoms in total. The summed E-state index contributed by atoms with van der Waals surface area (Å²) in [4.78, 5) is 0. The molecule has 0 spiro atoms. The fraction of sp³-hybridized carbons (Fsp3) is 0.357. The summed E-state index contributed by atoms with van der Waals surface area (Å²) in [6.07, 6.45) is 2.23. The first-order valence-corrected chi connectivity index (χ1v) is 6.31. The van der Waals surface area contributed by atoms with Gasteiger partial charge in [-0.15, -0.1) is 0 Å². The summed E-state index contributed by atoms with van der Waals surface area (Å²) in [5, 5.41) is 7.35. The van der Waals surface area contributed by atoms with Crippen LogP contribution in [0, 0.1) is 0 Å². The van der Waals surface area contributed by atoms with Gasteiger partial charge in [-0.3, -0.25) is 4.68 Å². The zero-order valence-electron chi connectivity index (χ0n) is 10.6. The Morgan fingerprint density at radius 2 is 2.16 bits per heavy atom. The van der Waals surface area contributed by atoms with Crippen molar-refractivity contribution in [1.29, 1.82) is 0 Å². The smallest absolute Gasteiger partial charge is 0.263 e. The Hall–Kier alpha value is -1.75. The first-order valence-electron chi connectivity index (χ1n) is 6.31. The van der Waals surface area contributed by atoms with E-state index in [1.807, 2.05) is 23.0 Å². The van der Waals surface area contributed by atoms with Crippen molar-refractivity contribution in [2.75, 3.05) is 6.54 Å². The lowest BCUT2D eigenvalue weighted by atomic mass is 10.1. The van der Waals surface area contributed by atoms with Gasteiger partial charge in [0.25, 0.3) is 6.43 Å². The van der Waals surface area contributed by atoms with E-state index in [1.165, 1.54) is 6.07 Å². The number of aromatic nitrogens is 2. The van der Waals surface area contributed by atoms with Gasteiger partial charge in [-0.25, -0.2) is 8.78 Å². The lowest BCUT2D eigenvalue weighted by Crippen LogP contribution is -2.16. The van der Waals surface area contributed by atoms with Gasteiger partial charge >= 0.3 is 0 Å². The molecule has 0 aliphatic heterocycles. The summed E-state index contributed by atoms with van der Waals surface area (Å²) in [7, 11) is 0. The molecule has 2 aromatic rings. The molecule has 2 rings (SSSR count). The van der Waals surface area contributed by atoms with Crippen LogP contribution in [0.4, 0.5) is 8.78 Å². The van der Waals surface area contributed by atoms with Crippen LogP contribution in [0.25, 0.3) is 0 Å². The molecule has 1 N–H and O–H groups in total. The highest BCUT2D eigenvalue weighted by atomic mass is 19.3. The minimum atomic E-state index is -2.40. The fourth-order valence-corrected chi connectivity index (χ4v) is 1.87. The SMILES string of the molecule is FC(F)c1cccc(CNCCCn2cccn2)c1. The van der Waals surface area contributed by atoms with E-state index in [-0.39, 0.29) is 5.56 Å². The molecule has 0 saturated carbocycles. The van der Waals surface area contributed by atoms with E-state index < -0.39 is 6.43 Å². The highest BCUT2D eigenvalue weighted by molar-refractivity contribution is 5.24. The van der Waals surface area contributed by atoms with Gasteiger partial charge < -0.3 is 5.32 Å². The summed E-state index contributed by atoms with van der Waals surface area (Å²) in [6, 6.07) is 8.41. The molecule has 0 saturated heterocycles. The Morgan fingerprint density at radius 1 is 1.26 bits per heavy atom. The van der Waals surface area contributed by atoms with Crippen LogP contribution in [0.3, 0.4) is 0 Å². The van der Waals surface area contributed by atoms with E-state index in [0.717, 1.165) is 25.1 Å². The number of hydrogen-bond acceptors (Lipinski definition) is 2. The van der Waals surface area contributed by atoms with Gasteiger partial charge in [0, 0.05) is 31.0 Å². The minimum Gasteiger partial charge on any atom is -0.313 e. The van der Waals surface area contributed by atoms with E-state index in [1.54, 1.807) is 18.3 Å². The van der Waals surface area contributed by atoms with Crippen molar-refractivity contribution >= 4 is 0 Å². The van der Waals surface area contributed by atoms with Gasteiger partial charge in [0.2, 0.25) is 0 Å². The molecule has 0 unspecified atom stereocenters. The molecule has 0 bridgehead atoms. The first-order chi connectivity index (χ1) is 9.25. The Labute approximate surface area is 111 Å². The van der Waals surface area contributed by atoms with E-state index in [2.05, 4.69) is 10.4 Å². The van der Waals surface area contributed by atoms with Crippen LogP contribution in [0.5, 0.6) is 0 Å². The standard InChI is InChI=1S/C14H17F2N3/c15-14(16)13-5-1-4-12(10-13)11-17-6-2-8-19-9-3-7-18-19/h1,3-5,7,9-10,14,17H,2,6,8,11H2. The molecule has 0 aliphatic carbocycles. The molecule has 1 heterocycles. The number of rotatable bonds is 7. The molecular weight excluding hydrogens is 248 g/mol. The zero-order valence-corrected chi connectivity index (χ0v) is 10.6. The van der Waals surface area contributed by atoms with Crippen LogP contribution in [0.2, 0.25) is 0 Å². The average Bonchev–Trinajstić information content (AvgIpc) is 2.92. The van der Waals surface area contributed by atoms with Crippen LogP contribution in [-0.2, 0) is 13.1 Å². The summed E-state index contributed by atoms with van der Waals surface area (Å²) in [5.74, 6) is 0. The summed E-state index contributed by atoms with van der Waals surface area (Å²) >= 11 is 0. The van der Waals surface area contributed by atoms with Crippen molar-refractivity contribution in [3.63, 3.8) is 0 Å². The van der Waals surface area contributed by atoms with Gasteiger partial charge in [-0.05, 0) is 30.7 Å². The van der Waals surface area contributed by atoms with Crippen LogP contribution in [-0.4, -0.2) is 16.3 Å². The third-order valence-electron chi connectivity index (χ3n) is 2.83. The van der Waals surface area contributed by atoms with E-state index >= 15 is 0 Å². The van der Waals surface area contributed by atoms with Gasteiger partial charge in [0.15, 0.2) is 0 Å². The van der Waals surface area contributed by atoms with Crippen molar-refractivity contribution in [2.24, 2.45) is 0 Å². The molecule has 0 aliphatic rings. The molecule has 1 aromatic heterocycles. The second-order valence-corrected chi connectivity index (χ2v) is 4.35. The van der Waals surface area contributed by atoms with Crippen molar-refractivity contribution < 1.29 is 8.78 Å². The lowest BCUT2D eigenvalue weighted by Gasteiger charge is -2.07. The number of benzene rings is 1. The normalized spacial score (nSPS) is 11.1. The molecule has 0 amide bonds. The molecule has 19 heavy (non-hydrogen) atoms. The molecule has 5 heteroatoms. The molecule has 0 fully saturated rings. The van der Waals surface area contributed by atoms with Crippen molar-refractivity contribution in [1.82, 2.24) is 15.1 Å². The number of nitrogens with zero attached hydrogens (tertiary/aromatic N) is 2. The van der Waals surface area contributed by atoms with Crippen LogP contribution in [0.1, 0.15) is 24.0 Å². The maximum absolute atomic E-state index is 12.5. The molecular formula is C14H17F2N3. The molecule has 0 radical (unpaired) electrons. The van der Waals surface area contributed by atoms with Gasteiger partial charge in [0.05, 0.1) is 0 Å². The molecule has 1 aromatic carbocycles. The van der Waals surface area contributed by atoms with Crippen molar-refractivity contribution in [2.45, 2.75) is 25.9 Å². The first kappa shape index (κ1) is 13.7. The van der Waals surface area contributed by atoms with Crippen LogP contribution in [0.15, 0.2) is 42.7 Å². The Balaban J connectivity index is 1.69. The number of halogens is 2. The maximum Gasteiger partial charge on any atom is 0.263 e. The van der Waals surface area contributed by atoms with Crippen molar-refractivity contribution in [3.05, 3.63) is 53.9 Å². The lowest BCUT2D eigenvalue weighted by molar-refractivity contribution is 0.151. The summed E-state index contributed by atoms with van der Waals surface area (Å²) < 4.78 is 26.9. The zero-order chi connectivity index (χ0) is 13.5. The quantitative estimate of drug-likeness (QED) is 0.780. The Morgan fingerprint density at radius 3 is 2.89 bits per heavy atom. The van der Waals surface area contributed by atoms with E-state index in [0.29, 0.717) is 6.54 Å². The van der Waals surface area contributed by atoms with Crippen LogP contribution >= 0.6 is 0 Å². The minimum absolute atomic E-state index is 0.0795. The Kier molecular flexibility index (Phi) is 5.03. The monoisotopic (exact) mass is 265 g/mol. The van der Waals surface area contributed by atoms with Gasteiger partial charge in [-0.1, -0.05) is 18.2 Å². The third kappa shape index (κ3) is 4.44. The largest absolute Gasteiger partial charge is 0.313 e. The van der Waals surface area contributed by atoms with Crippen LogP contribution < -0.4 is 5.32 Å². The predicted molar refractivity (Wildman–Crippen MR) is 69.9 cm³/mol. The highest BCUT2D eigenvalue weighted by Gasteiger charge is 2.06. The topological polar surface area (TPSA) is 29.9 Å².